The van der Waals surface area contributed by atoms with E-state index in [4.69, 9.17) is 4.74 Å². The lowest BCUT2D eigenvalue weighted by atomic mass is 10.2. The van der Waals surface area contributed by atoms with Crippen LogP contribution in [-0.2, 0) is 14.8 Å². The van der Waals surface area contributed by atoms with Gasteiger partial charge < -0.3 is 9.64 Å². The number of hydrogen-bond donors (Lipinski definition) is 0. The largest absolute Gasteiger partial charge is 0.444 e. The lowest BCUT2D eigenvalue weighted by Crippen LogP contribution is -2.52. The van der Waals surface area contributed by atoms with Gasteiger partial charge in [0, 0.05) is 26.2 Å². The van der Waals surface area contributed by atoms with Gasteiger partial charge in [-0.25, -0.2) is 13.2 Å². The minimum atomic E-state index is -3.12. The highest BCUT2D eigenvalue weighted by Crippen LogP contribution is 2.31. The Labute approximate surface area is 114 Å². The van der Waals surface area contributed by atoms with Crippen molar-refractivity contribution in [3.05, 3.63) is 0 Å². The summed E-state index contributed by atoms with van der Waals surface area (Å²) in [7, 11) is -3.12. The molecule has 0 aromatic rings. The van der Waals surface area contributed by atoms with Gasteiger partial charge in [-0.1, -0.05) is 0 Å². The molecule has 2 rings (SSSR count). The van der Waals surface area contributed by atoms with Gasteiger partial charge in [-0.05, 0) is 33.6 Å². The summed E-state index contributed by atoms with van der Waals surface area (Å²) < 4.78 is 30.9. The van der Waals surface area contributed by atoms with Crippen LogP contribution in [0.1, 0.15) is 33.6 Å². The number of ether oxygens (including phenoxy) is 1. The number of hydrogen-bond acceptors (Lipinski definition) is 4. The molecule has 19 heavy (non-hydrogen) atoms. The number of nitrogens with zero attached hydrogens (tertiary/aromatic N) is 2. The minimum absolute atomic E-state index is 0.180. The first-order valence-corrected chi connectivity index (χ1v) is 8.17. The zero-order chi connectivity index (χ0) is 14.3. The summed E-state index contributed by atoms with van der Waals surface area (Å²) in [5.74, 6) is 0. The molecule has 0 aromatic carbocycles. The van der Waals surface area contributed by atoms with Gasteiger partial charge in [0.05, 0.1) is 5.25 Å². The third-order valence-corrected chi connectivity index (χ3v) is 5.59. The van der Waals surface area contributed by atoms with Gasteiger partial charge in [-0.3, -0.25) is 0 Å². The fourth-order valence-electron chi connectivity index (χ4n) is 2.03. The topological polar surface area (TPSA) is 66.9 Å². The number of carbonyl (C=O) groups excluding carboxylic acids is 1. The molecule has 0 spiro atoms. The Morgan fingerprint density at radius 2 is 1.63 bits per heavy atom. The van der Waals surface area contributed by atoms with E-state index in [-0.39, 0.29) is 11.3 Å². The van der Waals surface area contributed by atoms with E-state index in [0.717, 1.165) is 12.8 Å². The minimum Gasteiger partial charge on any atom is -0.444 e. The van der Waals surface area contributed by atoms with Gasteiger partial charge in [0.2, 0.25) is 10.0 Å². The summed E-state index contributed by atoms with van der Waals surface area (Å²) in [6.07, 6.45) is 1.18. The number of amides is 1. The molecule has 1 heterocycles. The van der Waals surface area contributed by atoms with Crippen LogP contribution in [0.3, 0.4) is 0 Å². The fourth-order valence-corrected chi connectivity index (χ4v) is 3.85. The van der Waals surface area contributed by atoms with E-state index in [1.54, 1.807) is 4.90 Å². The van der Waals surface area contributed by atoms with Gasteiger partial charge >= 0.3 is 6.09 Å². The van der Waals surface area contributed by atoms with Gasteiger partial charge in [0.15, 0.2) is 0 Å². The molecule has 7 heteroatoms. The predicted octanol–water partition coefficient (Wildman–Crippen LogP) is 1.03. The van der Waals surface area contributed by atoms with Crippen LogP contribution in [0, 0.1) is 0 Å². The van der Waals surface area contributed by atoms with Crippen molar-refractivity contribution in [3.63, 3.8) is 0 Å². The quantitative estimate of drug-likeness (QED) is 0.762. The van der Waals surface area contributed by atoms with Crippen LogP contribution in [-0.4, -0.2) is 60.7 Å². The Morgan fingerprint density at radius 3 is 2.05 bits per heavy atom. The molecule has 1 aliphatic carbocycles. The zero-order valence-corrected chi connectivity index (χ0v) is 12.6. The van der Waals surface area contributed by atoms with Crippen molar-refractivity contribution in [1.29, 1.82) is 0 Å². The standard InChI is InChI=1S/C12H22N2O4S/c1-12(2,3)18-11(15)13-6-8-14(9-7-13)19(16,17)10-4-5-10/h10H,4-9H2,1-3H3. The Morgan fingerprint density at radius 1 is 1.11 bits per heavy atom. The van der Waals surface area contributed by atoms with E-state index in [0.29, 0.717) is 26.2 Å². The highest BCUT2D eigenvalue weighted by Gasteiger charge is 2.41. The fraction of sp³-hybridized carbons (Fsp3) is 0.917. The summed E-state index contributed by atoms with van der Waals surface area (Å²) in [5, 5.41) is -0.180. The molecule has 0 N–H and O–H groups in total. The summed E-state index contributed by atoms with van der Waals surface area (Å²) in [6.45, 7) is 7.01. The normalized spacial score (nSPS) is 22.4. The van der Waals surface area contributed by atoms with E-state index < -0.39 is 15.6 Å². The molecule has 1 aliphatic heterocycles. The predicted molar refractivity (Wildman–Crippen MR) is 71.3 cm³/mol. The lowest BCUT2D eigenvalue weighted by Gasteiger charge is -2.35. The molecule has 6 nitrogen and oxygen atoms in total. The number of carbonyl (C=O) groups is 1. The molecule has 0 aromatic heterocycles. The van der Waals surface area contributed by atoms with Crippen LogP contribution >= 0.6 is 0 Å². The highest BCUT2D eigenvalue weighted by atomic mass is 32.2. The Kier molecular flexibility index (Phi) is 3.79. The molecule has 0 atom stereocenters. The van der Waals surface area contributed by atoms with Gasteiger partial charge in [0.25, 0.3) is 0 Å². The third kappa shape index (κ3) is 3.60. The maximum absolute atomic E-state index is 12.0. The molecule has 1 saturated heterocycles. The monoisotopic (exact) mass is 290 g/mol. The van der Waals surface area contributed by atoms with Gasteiger partial charge in [0.1, 0.15) is 5.60 Å². The molecule has 110 valence electrons. The molecule has 0 bridgehead atoms. The smallest absolute Gasteiger partial charge is 0.410 e. The second-order valence-corrected chi connectivity index (χ2v) is 8.32. The first-order valence-electron chi connectivity index (χ1n) is 6.67. The van der Waals surface area contributed by atoms with E-state index in [1.165, 1.54) is 4.31 Å². The molecular weight excluding hydrogens is 268 g/mol. The number of piperazine rings is 1. The molecular formula is C12H22N2O4S. The number of sulfonamides is 1. The van der Waals surface area contributed by atoms with Crippen LogP contribution < -0.4 is 0 Å². The Bertz CT molecular complexity index is 443. The Balaban J connectivity index is 1.87. The molecule has 1 amide bonds. The van der Waals surface area contributed by atoms with Crippen LogP contribution in [0.5, 0.6) is 0 Å². The van der Waals surface area contributed by atoms with E-state index >= 15 is 0 Å². The maximum Gasteiger partial charge on any atom is 0.410 e. The van der Waals surface area contributed by atoms with Crippen LogP contribution in [0.25, 0.3) is 0 Å². The summed E-state index contributed by atoms with van der Waals surface area (Å²) >= 11 is 0. The van der Waals surface area contributed by atoms with Crippen LogP contribution in [0.2, 0.25) is 0 Å². The Hall–Kier alpha value is -0.820. The van der Waals surface area contributed by atoms with E-state index in [1.807, 2.05) is 20.8 Å². The van der Waals surface area contributed by atoms with Crippen molar-refractivity contribution in [1.82, 2.24) is 9.21 Å². The molecule has 2 fully saturated rings. The van der Waals surface area contributed by atoms with Crippen molar-refractivity contribution in [3.8, 4) is 0 Å². The molecule has 2 aliphatic rings. The molecule has 0 unspecified atom stereocenters. The SMILES string of the molecule is CC(C)(C)OC(=O)N1CCN(S(=O)(=O)C2CC2)CC1. The number of rotatable bonds is 2. The van der Waals surface area contributed by atoms with Crippen molar-refractivity contribution in [2.45, 2.75) is 44.5 Å². The maximum atomic E-state index is 12.0. The molecule has 1 saturated carbocycles. The average Bonchev–Trinajstić information content (AvgIpc) is 3.11. The van der Waals surface area contributed by atoms with Crippen molar-refractivity contribution in [2.75, 3.05) is 26.2 Å². The molecule has 0 radical (unpaired) electrons. The first-order chi connectivity index (χ1) is 8.70. The van der Waals surface area contributed by atoms with Crippen LogP contribution in [0.15, 0.2) is 0 Å². The van der Waals surface area contributed by atoms with Crippen LogP contribution in [0.4, 0.5) is 4.79 Å². The summed E-state index contributed by atoms with van der Waals surface area (Å²) in [5.41, 5.74) is -0.520. The average molecular weight is 290 g/mol. The van der Waals surface area contributed by atoms with E-state index in [9.17, 15) is 13.2 Å². The van der Waals surface area contributed by atoms with Gasteiger partial charge in [-0.2, -0.15) is 4.31 Å². The summed E-state index contributed by atoms with van der Waals surface area (Å²) in [6, 6.07) is 0. The van der Waals surface area contributed by atoms with E-state index in [2.05, 4.69) is 0 Å². The van der Waals surface area contributed by atoms with Crippen molar-refractivity contribution < 1.29 is 17.9 Å². The first kappa shape index (κ1) is 14.6. The second kappa shape index (κ2) is 4.94. The summed E-state index contributed by atoms with van der Waals surface area (Å²) in [4.78, 5) is 13.4. The van der Waals surface area contributed by atoms with Crippen molar-refractivity contribution in [2.24, 2.45) is 0 Å². The zero-order valence-electron chi connectivity index (χ0n) is 11.8. The third-order valence-electron chi connectivity index (χ3n) is 3.20. The van der Waals surface area contributed by atoms with Gasteiger partial charge in [-0.15, -0.1) is 0 Å². The highest BCUT2D eigenvalue weighted by molar-refractivity contribution is 7.90. The van der Waals surface area contributed by atoms with Crippen molar-refractivity contribution >= 4 is 16.1 Å². The lowest BCUT2D eigenvalue weighted by molar-refractivity contribution is 0.0192. The second-order valence-electron chi connectivity index (χ2n) is 6.11.